The average Bonchev–Trinajstić information content (AvgIpc) is 2.85. The van der Waals surface area contributed by atoms with Crippen molar-refractivity contribution in [3.63, 3.8) is 0 Å². The standard InChI is InChI=1S/C21H34O2/c1-13(22)17-6-7-18-16-5-4-14-12-15(23)8-10-20(14,2)19(16)9-11-21(17,18)3/h14-19,23H,4-12H2,1-3H3/t14-,15-,16-,17+,18-,19-,20-,21+/m0/s1/i15D. The number of ketones is 1. The van der Waals surface area contributed by atoms with Crippen LogP contribution in [0.4, 0.5) is 0 Å². The van der Waals surface area contributed by atoms with E-state index in [1.807, 2.05) is 0 Å². The summed E-state index contributed by atoms with van der Waals surface area (Å²) in [7, 11) is 0. The van der Waals surface area contributed by atoms with Crippen molar-refractivity contribution in [1.82, 2.24) is 0 Å². The Kier molecular flexibility index (Phi) is 3.45. The Labute approximate surface area is 142 Å². The molecular weight excluding hydrogens is 284 g/mol. The smallest absolute Gasteiger partial charge is 0.133 e. The van der Waals surface area contributed by atoms with Gasteiger partial charge in [-0.1, -0.05) is 13.8 Å². The van der Waals surface area contributed by atoms with Gasteiger partial charge < -0.3 is 5.11 Å². The Hall–Kier alpha value is -0.370. The maximum atomic E-state index is 12.2. The molecule has 0 aliphatic heterocycles. The Morgan fingerprint density at radius 2 is 1.70 bits per heavy atom. The number of rotatable bonds is 1. The average molecular weight is 320 g/mol. The highest BCUT2D eigenvalue weighted by Gasteiger charge is 2.60. The molecule has 4 aliphatic rings. The van der Waals surface area contributed by atoms with Crippen molar-refractivity contribution in [3.8, 4) is 0 Å². The molecule has 0 heterocycles. The summed E-state index contributed by atoms with van der Waals surface area (Å²) in [4.78, 5) is 12.2. The number of hydrogen-bond acceptors (Lipinski definition) is 2. The summed E-state index contributed by atoms with van der Waals surface area (Å²) in [5.41, 5.74) is 0.548. The van der Waals surface area contributed by atoms with Crippen LogP contribution in [0, 0.1) is 40.4 Å². The largest absolute Gasteiger partial charge is 0.393 e. The molecular formula is C21H34O2. The minimum absolute atomic E-state index is 0.237. The van der Waals surface area contributed by atoms with Gasteiger partial charge in [0.25, 0.3) is 0 Å². The minimum atomic E-state index is -1.19. The third-order valence-corrected chi connectivity index (χ3v) is 8.99. The molecule has 4 rings (SSSR count). The predicted octanol–water partition coefficient (Wildman–Crippen LogP) is 4.60. The highest BCUT2D eigenvalue weighted by Crippen LogP contribution is 2.67. The summed E-state index contributed by atoms with van der Waals surface area (Å²) in [5, 5.41) is 10.2. The van der Waals surface area contributed by atoms with E-state index in [4.69, 9.17) is 1.37 Å². The van der Waals surface area contributed by atoms with Crippen molar-refractivity contribution in [2.24, 2.45) is 40.4 Å². The van der Waals surface area contributed by atoms with E-state index in [1.165, 1.54) is 32.1 Å². The third kappa shape index (κ3) is 2.19. The molecule has 4 fully saturated rings. The lowest BCUT2D eigenvalue weighted by Crippen LogP contribution is -2.54. The lowest BCUT2D eigenvalue weighted by atomic mass is 9.44. The molecule has 0 radical (unpaired) electrons. The zero-order chi connectivity index (χ0) is 17.3. The first-order valence-corrected chi connectivity index (χ1v) is 9.90. The van der Waals surface area contributed by atoms with E-state index in [0.717, 1.165) is 30.6 Å². The van der Waals surface area contributed by atoms with Gasteiger partial charge in [-0.3, -0.25) is 4.79 Å². The van der Waals surface area contributed by atoms with Gasteiger partial charge in [-0.05, 0) is 99.2 Å². The van der Waals surface area contributed by atoms with Gasteiger partial charge in [0, 0.05) is 5.92 Å². The van der Waals surface area contributed by atoms with E-state index in [2.05, 4.69) is 13.8 Å². The van der Waals surface area contributed by atoms with Gasteiger partial charge in [-0.25, -0.2) is 0 Å². The van der Waals surface area contributed by atoms with E-state index < -0.39 is 6.08 Å². The Morgan fingerprint density at radius 3 is 2.43 bits per heavy atom. The van der Waals surface area contributed by atoms with Gasteiger partial charge >= 0.3 is 0 Å². The SMILES string of the molecule is [2H][C@]1(O)CC[C@@]2(C)[C@@H](CC[C@@H]3[C@@H]2CC[C@]2(C)[C@@H](C(C)=O)CC[C@@H]32)C1. The normalized spacial score (nSPS) is 59.5. The maximum Gasteiger partial charge on any atom is 0.133 e. The molecule has 0 aromatic rings. The second-order valence-corrected chi connectivity index (χ2v) is 9.71. The first-order chi connectivity index (χ1) is 11.2. The molecule has 23 heavy (non-hydrogen) atoms. The van der Waals surface area contributed by atoms with Crippen LogP contribution in [0.3, 0.4) is 0 Å². The van der Waals surface area contributed by atoms with Crippen molar-refractivity contribution >= 4 is 5.78 Å². The molecule has 1 N–H and O–H groups in total. The summed E-state index contributed by atoms with van der Waals surface area (Å²) in [6.07, 6.45) is 8.37. The Balaban J connectivity index is 1.61. The molecule has 0 bridgehead atoms. The van der Waals surface area contributed by atoms with Gasteiger partial charge in [-0.15, -0.1) is 0 Å². The van der Waals surface area contributed by atoms with Crippen LogP contribution in [0.1, 0.15) is 79.9 Å². The van der Waals surface area contributed by atoms with Crippen molar-refractivity contribution in [2.75, 3.05) is 0 Å². The van der Waals surface area contributed by atoms with E-state index in [1.54, 1.807) is 6.92 Å². The number of aliphatic hydroxyl groups is 1. The zero-order valence-electron chi connectivity index (χ0n) is 16.1. The van der Waals surface area contributed by atoms with E-state index in [0.29, 0.717) is 35.9 Å². The molecule has 8 atom stereocenters. The monoisotopic (exact) mass is 319 g/mol. The highest BCUT2D eigenvalue weighted by molar-refractivity contribution is 5.79. The second-order valence-electron chi connectivity index (χ2n) is 9.71. The summed E-state index contributed by atoms with van der Waals surface area (Å²) in [6, 6.07) is 0. The molecule has 0 unspecified atom stereocenters. The predicted molar refractivity (Wildman–Crippen MR) is 91.9 cm³/mol. The van der Waals surface area contributed by atoms with Crippen LogP contribution in [0.2, 0.25) is 0 Å². The first-order valence-electron chi connectivity index (χ1n) is 10.4. The van der Waals surface area contributed by atoms with Crippen LogP contribution in [0.15, 0.2) is 0 Å². The molecule has 0 saturated heterocycles. The van der Waals surface area contributed by atoms with Crippen molar-refractivity contribution in [2.45, 2.75) is 84.6 Å². The number of carbonyl (C=O) groups is 1. The second kappa shape index (κ2) is 5.31. The van der Waals surface area contributed by atoms with Crippen molar-refractivity contribution in [3.05, 3.63) is 0 Å². The lowest BCUT2D eigenvalue weighted by molar-refractivity contribution is -0.138. The molecule has 0 spiro atoms. The van der Waals surface area contributed by atoms with Crippen LogP contribution in [0.5, 0.6) is 0 Å². The lowest BCUT2D eigenvalue weighted by Gasteiger charge is -2.60. The fraction of sp³-hybridized carbons (Fsp3) is 0.952. The summed E-state index contributed by atoms with van der Waals surface area (Å²) >= 11 is 0. The fourth-order valence-electron chi connectivity index (χ4n) is 7.73. The molecule has 2 heteroatoms. The molecule has 0 aromatic heterocycles. The molecule has 4 saturated carbocycles. The van der Waals surface area contributed by atoms with Crippen molar-refractivity contribution < 1.29 is 11.3 Å². The number of fused-ring (bicyclic) bond motifs is 5. The Morgan fingerprint density at radius 1 is 1.00 bits per heavy atom. The van der Waals surface area contributed by atoms with Gasteiger partial charge in [0.15, 0.2) is 0 Å². The van der Waals surface area contributed by atoms with Gasteiger partial charge in [0.2, 0.25) is 0 Å². The van der Waals surface area contributed by atoms with Gasteiger partial charge in [0.1, 0.15) is 5.78 Å². The van der Waals surface area contributed by atoms with Crippen LogP contribution >= 0.6 is 0 Å². The summed E-state index contributed by atoms with van der Waals surface area (Å²) in [5.74, 6) is 3.46. The van der Waals surface area contributed by atoms with Gasteiger partial charge in [-0.2, -0.15) is 0 Å². The number of Topliss-reactive ketones (excluding diaryl/α,β-unsaturated/α-hetero) is 1. The van der Waals surface area contributed by atoms with Crippen LogP contribution in [0.25, 0.3) is 0 Å². The zero-order valence-corrected chi connectivity index (χ0v) is 15.1. The first kappa shape index (κ1) is 14.9. The molecule has 0 aromatic carbocycles. The molecule has 0 amide bonds. The van der Waals surface area contributed by atoms with E-state index in [9.17, 15) is 9.90 Å². The van der Waals surface area contributed by atoms with Crippen LogP contribution in [-0.4, -0.2) is 17.0 Å². The summed E-state index contributed by atoms with van der Waals surface area (Å²) in [6.45, 7) is 6.67. The quantitative estimate of drug-likeness (QED) is 0.767. The third-order valence-electron chi connectivity index (χ3n) is 8.99. The minimum Gasteiger partial charge on any atom is -0.393 e. The van der Waals surface area contributed by atoms with Crippen LogP contribution < -0.4 is 0 Å². The Bertz CT molecular complexity index is 544. The van der Waals surface area contributed by atoms with Crippen LogP contribution in [-0.2, 0) is 4.79 Å². The number of hydrogen-bond donors (Lipinski definition) is 1. The van der Waals surface area contributed by atoms with E-state index in [-0.39, 0.29) is 5.41 Å². The topological polar surface area (TPSA) is 37.3 Å². The fourth-order valence-corrected chi connectivity index (χ4v) is 7.73. The highest BCUT2D eigenvalue weighted by atomic mass is 16.3. The van der Waals surface area contributed by atoms with Gasteiger partial charge in [0.05, 0.1) is 7.45 Å². The maximum absolute atomic E-state index is 12.2. The van der Waals surface area contributed by atoms with E-state index >= 15 is 0 Å². The van der Waals surface area contributed by atoms with Crippen molar-refractivity contribution in [1.29, 1.82) is 0 Å². The molecule has 4 aliphatic carbocycles. The number of carbonyl (C=O) groups excluding carboxylic acids is 1. The summed E-state index contributed by atoms with van der Waals surface area (Å²) < 4.78 is 8.11. The molecule has 130 valence electrons. The molecule has 2 nitrogen and oxygen atoms in total.